The Morgan fingerprint density at radius 2 is 1.93 bits per heavy atom. The molecule has 7 heteroatoms. The molecule has 1 N–H and O–H groups in total. The summed E-state index contributed by atoms with van der Waals surface area (Å²) >= 11 is 0. The summed E-state index contributed by atoms with van der Waals surface area (Å²) in [6.45, 7) is 0.443. The number of carbonyl (C=O) groups excluding carboxylic acids is 1. The van der Waals surface area contributed by atoms with Crippen molar-refractivity contribution in [3.05, 3.63) is 77.0 Å². The quantitative estimate of drug-likeness (QED) is 0.689. The fourth-order valence-electron chi connectivity index (χ4n) is 3.00. The van der Waals surface area contributed by atoms with E-state index in [0.29, 0.717) is 24.3 Å². The number of carbonyl (C=O) groups is 1. The highest BCUT2D eigenvalue weighted by molar-refractivity contribution is 6.04. The van der Waals surface area contributed by atoms with Gasteiger partial charge >= 0.3 is 0 Å². The molecule has 0 radical (unpaired) electrons. The van der Waals surface area contributed by atoms with E-state index in [1.54, 1.807) is 11.8 Å². The minimum Gasteiger partial charge on any atom is -0.497 e. The molecule has 0 bridgehead atoms. The molecule has 144 valence electrons. The molecular formula is C21H19F2N3O2. The number of rotatable bonds is 6. The SMILES string of the molecule is COc1ccc(Cn2nc(C3CC3)cc2NC(=O)c2ccc(F)cc2F)cc1. The van der Waals surface area contributed by atoms with Crippen LogP contribution in [-0.2, 0) is 6.54 Å². The number of nitrogens with one attached hydrogen (secondary N) is 1. The summed E-state index contributed by atoms with van der Waals surface area (Å²) in [6, 6.07) is 12.2. The van der Waals surface area contributed by atoms with Crippen molar-refractivity contribution >= 4 is 11.7 Å². The molecule has 2 aromatic carbocycles. The minimum atomic E-state index is -0.902. The van der Waals surface area contributed by atoms with Crippen molar-refractivity contribution in [2.24, 2.45) is 0 Å². The van der Waals surface area contributed by atoms with Gasteiger partial charge in [-0.25, -0.2) is 13.5 Å². The average Bonchev–Trinajstić information content (AvgIpc) is 3.45. The predicted octanol–water partition coefficient (Wildman–Crippen LogP) is 4.35. The molecule has 0 atom stereocenters. The standard InChI is InChI=1S/C21H19F2N3O2/c1-28-16-7-2-13(3-8-16)12-26-20(11-19(25-26)14-4-5-14)24-21(27)17-9-6-15(22)10-18(17)23/h2-3,6-11,14H,4-5,12H2,1H3,(H,24,27). The molecule has 4 rings (SSSR count). The van der Waals surface area contributed by atoms with E-state index in [-0.39, 0.29) is 5.56 Å². The number of methoxy groups -OCH3 is 1. The third-order valence-corrected chi connectivity index (χ3v) is 4.70. The summed E-state index contributed by atoms with van der Waals surface area (Å²) in [4.78, 5) is 12.5. The van der Waals surface area contributed by atoms with E-state index < -0.39 is 17.5 Å². The molecule has 3 aromatic rings. The van der Waals surface area contributed by atoms with Gasteiger partial charge in [-0.1, -0.05) is 12.1 Å². The van der Waals surface area contributed by atoms with Crippen LogP contribution in [0.4, 0.5) is 14.6 Å². The molecule has 0 unspecified atom stereocenters. The van der Waals surface area contributed by atoms with E-state index in [2.05, 4.69) is 10.4 Å². The first-order valence-corrected chi connectivity index (χ1v) is 9.00. The van der Waals surface area contributed by atoms with Gasteiger partial charge in [0.15, 0.2) is 0 Å². The van der Waals surface area contributed by atoms with Crippen molar-refractivity contribution in [3.8, 4) is 5.75 Å². The van der Waals surface area contributed by atoms with Crippen LogP contribution in [0.25, 0.3) is 0 Å². The Hall–Kier alpha value is -3.22. The summed E-state index contributed by atoms with van der Waals surface area (Å²) in [5, 5.41) is 7.32. The highest BCUT2D eigenvalue weighted by Gasteiger charge is 2.28. The van der Waals surface area contributed by atoms with Gasteiger partial charge in [-0.15, -0.1) is 0 Å². The number of hydrogen-bond donors (Lipinski definition) is 1. The molecule has 1 fully saturated rings. The number of halogens is 2. The Morgan fingerprint density at radius 1 is 1.18 bits per heavy atom. The molecule has 1 saturated carbocycles. The predicted molar refractivity (Wildman–Crippen MR) is 101 cm³/mol. The van der Waals surface area contributed by atoms with Crippen LogP contribution in [-0.4, -0.2) is 22.8 Å². The maximum absolute atomic E-state index is 13.9. The van der Waals surface area contributed by atoms with E-state index >= 15 is 0 Å². The van der Waals surface area contributed by atoms with Crippen molar-refractivity contribution < 1.29 is 18.3 Å². The molecule has 1 amide bonds. The fraction of sp³-hybridized carbons (Fsp3) is 0.238. The van der Waals surface area contributed by atoms with Crippen LogP contribution in [0.2, 0.25) is 0 Å². The summed E-state index contributed by atoms with van der Waals surface area (Å²) < 4.78 is 33.9. The Balaban J connectivity index is 1.59. The Kier molecular flexibility index (Phi) is 4.81. The van der Waals surface area contributed by atoms with Gasteiger partial charge < -0.3 is 10.1 Å². The average molecular weight is 383 g/mol. The highest BCUT2D eigenvalue weighted by Crippen LogP contribution is 2.40. The topological polar surface area (TPSA) is 56.1 Å². The van der Waals surface area contributed by atoms with E-state index in [1.807, 2.05) is 30.3 Å². The number of ether oxygens (including phenoxy) is 1. The lowest BCUT2D eigenvalue weighted by Gasteiger charge is -2.10. The molecule has 0 saturated heterocycles. The molecule has 1 aromatic heterocycles. The van der Waals surface area contributed by atoms with Crippen LogP contribution in [0.3, 0.4) is 0 Å². The lowest BCUT2D eigenvalue weighted by molar-refractivity contribution is 0.102. The lowest BCUT2D eigenvalue weighted by atomic mass is 10.2. The maximum Gasteiger partial charge on any atom is 0.259 e. The van der Waals surface area contributed by atoms with Crippen LogP contribution < -0.4 is 10.1 Å². The van der Waals surface area contributed by atoms with Crippen molar-refractivity contribution in [2.45, 2.75) is 25.3 Å². The van der Waals surface area contributed by atoms with Gasteiger partial charge in [-0.05, 0) is 42.7 Å². The van der Waals surface area contributed by atoms with Crippen LogP contribution in [0.1, 0.15) is 40.4 Å². The summed E-state index contributed by atoms with van der Waals surface area (Å²) in [5.41, 5.74) is 1.67. The maximum atomic E-state index is 13.9. The van der Waals surface area contributed by atoms with E-state index in [1.165, 1.54) is 0 Å². The molecule has 1 aliphatic rings. The number of benzene rings is 2. The van der Waals surface area contributed by atoms with Crippen LogP contribution in [0.5, 0.6) is 5.75 Å². The highest BCUT2D eigenvalue weighted by atomic mass is 19.1. The zero-order chi connectivity index (χ0) is 19.7. The first-order valence-electron chi connectivity index (χ1n) is 9.00. The van der Waals surface area contributed by atoms with Crippen molar-refractivity contribution in [2.75, 3.05) is 12.4 Å². The largest absolute Gasteiger partial charge is 0.497 e. The van der Waals surface area contributed by atoms with E-state index in [9.17, 15) is 13.6 Å². The van der Waals surface area contributed by atoms with Gasteiger partial charge in [0, 0.05) is 18.1 Å². The summed E-state index contributed by atoms with van der Waals surface area (Å²) in [5.74, 6) is -0.642. The Bertz CT molecular complexity index is 1010. The third kappa shape index (κ3) is 3.88. The molecule has 28 heavy (non-hydrogen) atoms. The monoisotopic (exact) mass is 383 g/mol. The second-order valence-electron chi connectivity index (χ2n) is 6.81. The lowest BCUT2D eigenvalue weighted by Crippen LogP contribution is -2.17. The van der Waals surface area contributed by atoms with Gasteiger partial charge in [0.05, 0.1) is 24.9 Å². The molecule has 0 aliphatic heterocycles. The number of amides is 1. The number of hydrogen-bond acceptors (Lipinski definition) is 3. The summed E-state index contributed by atoms with van der Waals surface area (Å²) in [6.07, 6.45) is 2.14. The molecule has 1 aliphatic carbocycles. The van der Waals surface area contributed by atoms with Crippen LogP contribution in [0.15, 0.2) is 48.5 Å². The van der Waals surface area contributed by atoms with Gasteiger partial charge in [-0.3, -0.25) is 4.79 Å². The van der Waals surface area contributed by atoms with Crippen LogP contribution >= 0.6 is 0 Å². The Labute approximate surface area is 160 Å². The third-order valence-electron chi connectivity index (χ3n) is 4.70. The van der Waals surface area contributed by atoms with Gasteiger partial charge in [0.1, 0.15) is 23.2 Å². The molecule has 0 spiro atoms. The second-order valence-corrected chi connectivity index (χ2v) is 6.81. The molecule has 1 heterocycles. The molecular weight excluding hydrogens is 364 g/mol. The van der Waals surface area contributed by atoms with Crippen LogP contribution in [0, 0.1) is 11.6 Å². The zero-order valence-electron chi connectivity index (χ0n) is 15.3. The second kappa shape index (κ2) is 7.42. The first kappa shape index (κ1) is 18.2. The van der Waals surface area contributed by atoms with Gasteiger partial charge in [0.2, 0.25) is 0 Å². The number of nitrogens with zero attached hydrogens (tertiary/aromatic N) is 2. The summed E-state index contributed by atoms with van der Waals surface area (Å²) in [7, 11) is 1.60. The Morgan fingerprint density at radius 3 is 2.57 bits per heavy atom. The van der Waals surface area contributed by atoms with Gasteiger partial charge in [0.25, 0.3) is 5.91 Å². The van der Waals surface area contributed by atoms with E-state index in [0.717, 1.165) is 42.0 Å². The van der Waals surface area contributed by atoms with Crippen molar-refractivity contribution in [3.63, 3.8) is 0 Å². The fourth-order valence-corrected chi connectivity index (χ4v) is 3.00. The minimum absolute atomic E-state index is 0.216. The zero-order valence-corrected chi connectivity index (χ0v) is 15.3. The molecule has 5 nitrogen and oxygen atoms in total. The number of anilines is 1. The first-order chi connectivity index (χ1) is 13.5. The van der Waals surface area contributed by atoms with Crippen molar-refractivity contribution in [1.82, 2.24) is 9.78 Å². The van der Waals surface area contributed by atoms with E-state index in [4.69, 9.17) is 4.74 Å². The van der Waals surface area contributed by atoms with Gasteiger partial charge in [-0.2, -0.15) is 5.10 Å². The normalized spacial score (nSPS) is 13.4. The van der Waals surface area contributed by atoms with Crippen molar-refractivity contribution in [1.29, 1.82) is 0 Å². The smallest absolute Gasteiger partial charge is 0.259 e. The number of aromatic nitrogens is 2.